The first-order valence-electron chi connectivity index (χ1n) is 4.22. The van der Waals surface area contributed by atoms with E-state index >= 15 is 0 Å². The molecule has 0 aliphatic rings. The van der Waals surface area contributed by atoms with E-state index in [0.717, 1.165) is 6.07 Å². The van der Waals surface area contributed by atoms with Gasteiger partial charge in [-0.1, -0.05) is 28.1 Å². The summed E-state index contributed by atoms with van der Waals surface area (Å²) in [5.41, 5.74) is 0.0560. The van der Waals surface area contributed by atoms with Crippen LogP contribution < -0.4 is 9.47 Å². The zero-order valence-corrected chi connectivity index (χ0v) is 9.69. The van der Waals surface area contributed by atoms with Crippen LogP contribution in [0.2, 0.25) is 0 Å². The smallest absolute Gasteiger partial charge is 0.431 e. The Labute approximate surface area is 101 Å². The molecule has 8 heteroatoms. The molecule has 0 heterocycles. The Balaban J connectivity index is 3.11. The molecule has 1 aromatic carbocycles. The first kappa shape index (κ1) is 14.0. The summed E-state index contributed by atoms with van der Waals surface area (Å²) < 4.78 is 67.9. The third-order valence-corrected chi connectivity index (χ3v) is 2.24. The highest BCUT2D eigenvalue weighted by molar-refractivity contribution is 9.08. The van der Waals surface area contributed by atoms with Gasteiger partial charge in [0.15, 0.2) is 11.5 Å². The van der Waals surface area contributed by atoms with Crippen LogP contribution in [-0.2, 0) is 5.33 Å². The third-order valence-electron chi connectivity index (χ3n) is 1.64. The Morgan fingerprint density at radius 2 is 1.88 bits per heavy atom. The molecule has 0 aromatic heterocycles. The van der Waals surface area contributed by atoms with E-state index in [2.05, 4.69) is 25.4 Å². The quantitative estimate of drug-likeness (QED) is 0.614. The van der Waals surface area contributed by atoms with Crippen molar-refractivity contribution in [3.63, 3.8) is 0 Å². The molecule has 0 aliphatic heterocycles. The largest absolute Gasteiger partial charge is 0.573 e. The van der Waals surface area contributed by atoms with Gasteiger partial charge in [-0.2, -0.15) is 8.78 Å². The van der Waals surface area contributed by atoms with Crippen LogP contribution in [0.5, 0.6) is 11.5 Å². The van der Waals surface area contributed by atoms with E-state index in [1.54, 1.807) is 0 Å². The van der Waals surface area contributed by atoms with Gasteiger partial charge in [-0.3, -0.25) is 0 Å². The minimum absolute atomic E-state index is 0.0127. The summed E-state index contributed by atoms with van der Waals surface area (Å²) in [6.45, 7) is -3.23. The molecule has 0 unspecified atom stereocenters. The van der Waals surface area contributed by atoms with Crippen molar-refractivity contribution in [3.8, 4) is 11.5 Å². The molecule has 0 spiro atoms. The molecule has 96 valence electrons. The Hall–Kier alpha value is -1.05. The molecule has 0 N–H and O–H groups in total. The molecule has 0 aliphatic carbocycles. The molecule has 0 saturated carbocycles. The molecule has 0 fully saturated rings. The lowest BCUT2D eigenvalue weighted by atomic mass is 10.2. The number of rotatable bonds is 4. The number of hydrogen-bond donors (Lipinski definition) is 0. The van der Waals surface area contributed by atoms with Gasteiger partial charge in [0.1, 0.15) is 0 Å². The van der Waals surface area contributed by atoms with E-state index in [1.807, 2.05) is 0 Å². The molecule has 2 nitrogen and oxygen atoms in total. The second-order valence-electron chi connectivity index (χ2n) is 2.80. The van der Waals surface area contributed by atoms with Gasteiger partial charge in [-0.05, 0) is 6.07 Å². The van der Waals surface area contributed by atoms with Gasteiger partial charge in [0.25, 0.3) is 0 Å². The number of alkyl halides is 6. The van der Waals surface area contributed by atoms with Crippen LogP contribution in [0.4, 0.5) is 22.0 Å². The Morgan fingerprint density at radius 3 is 2.35 bits per heavy atom. The molecular weight excluding hydrogens is 315 g/mol. The van der Waals surface area contributed by atoms with Gasteiger partial charge in [0.05, 0.1) is 0 Å². The van der Waals surface area contributed by atoms with Crippen LogP contribution >= 0.6 is 15.9 Å². The van der Waals surface area contributed by atoms with Crippen LogP contribution in [0.15, 0.2) is 18.2 Å². The van der Waals surface area contributed by atoms with Crippen molar-refractivity contribution in [1.82, 2.24) is 0 Å². The van der Waals surface area contributed by atoms with E-state index in [1.165, 1.54) is 12.1 Å². The highest BCUT2D eigenvalue weighted by Crippen LogP contribution is 2.37. The summed E-state index contributed by atoms with van der Waals surface area (Å²) in [5.74, 6) is -1.42. The third kappa shape index (κ3) is 4.37. The first-order valence-corrected chi connectivity index (χ1v) is 5.34. The van der Waals surface area contributed by atoms with E-state index < -0.39 is 24.5 Å². The lowest BCUT2D eigenvalue weighted by Crippen LogP contribution is -2.19. The van der Waals surface area contributed by atoms with Crippen LogP contribution in [0.1, 0.15) is 5.56 Å². The monoisotopic (exact) mass is 320 g/mol. The molecule has 0 bridgehead atoms. The zero-order valence-electron chi connectivity index (χ0n) is 8.10. The summed E-state index contributed by atoms with van der Waals surface area (Å²) in [6, 6.07) is 3.56. The van der Waals surface area contributed by atoms with Crippen molar-refractivity contribution >= 4 is 15.9 Å². The average Bonchev–Trinajstić information content (AvgIpc) is 2.17. The van der Waals surface area contributed by atoms with E-state index in [0.29, 0.717) is 0 Å². The Kier molecular flexibility index (Phi) is 4.55. The number of halogens is 6. The van der Waals surface area contributed by atoms with Crippen molar-refractivity contribution in [2.75, 3.05) is 0 Å². The standard InChI is InChI=1S/C9H6BrF5O2/c10-4-5-2-1-3-6(16-8(11)12)7(5)17-9(13,14)15/h1-3,8H,4H2. The van der Waals surface area contributed by atoms with Crippen LogP contribution in [-0.4, -0.2) is 13.0 Å². The average molecular weight is 321 g/mol. The zero-order chi connectivity index (χ0) is 13.1. The Bertz CT molecular complexity index is 380. The normalized spacial score (nSPS) is 11.7. The minimum Gasteiger partial charge on any atom is -0.431 e. The number of para-hydroxylation sites is 1. The van der Waals surface area contributed by atoms with Gasteiger partial charge < -0.3 is 9.47 Å². The summed E-state index contributed by atoms with van der Waals surface area (Å²) in [7, 11) is 0. The molecule has 17 heavy (non-hydrogen) atoms. The van der Waals surface area contributed by atoms with Crippen molar-refractivity contribution < 1.29 is 31.4 Å². The molecule has 0 radical (unpaired) electrons. The number of benzene rings is 1. The predicted octanol–water partition coefficient (Wildman–Crippen LogP) is 4.08. The fraction of sp³-hybridized carbons (Fsp3) is 0.333. The molecule has 1 aromatic rings. The van der Waals surface area contributed by atoms with Crippen LogP contribution in [0.3, 0.4) is 0 Å². The van der Waals surface area contributed by atoms with Gasteiger partial charge >= 0.3 is 13.0 Å². The summed E-state index contributed by atoms with van der Waals surface area (Å²) >= 11 is 2.93. The van der Waals surface area contributed by atoms with Crippen molar-refractivity contribution in [2.24, 2.45) is 0 Å². The first-order chi connectivity index (χ1) is 7.83. The second-order valence-corrected chi connectivity index (χ2v) is 3.37. The van der Waals surface area contributed by atoms with Crippen molar-refractivity contribution in [3.05, 3.63) is 23.8 Å². The van der Waals surface area contributed by atoms with E-state index in [-0.39, 0.29) is 10.9 Å². The maximum atomic E-state index is 12.1. The molecule has 1 rings (SSSR count). The van der Waals surface area contributed by atoms with Gasteiger partial charge in [-0.15, -0.1) is 13.2 Å². The minimum atomic E-state index is -4.97. The fourth-order valence-electron chi connectivity index (χ4n) is 1.09. The van der Waals surface area contributed by atoms with Crippen molar-refractivity contribution in [1.29, 1.82) is 0 Å². The summed E-state index contributed by atoms with van der Waals surface area (Å²) in [4.78, 5) is 0. The summed E-state index contributed by atoms with van der Waals surface area (Å²) in [6.07, 6.45) is -4.97. The van der Waals surface area contributed by atoms with Gasteiger partial charge in [-0.25, -0.2) is 0 Å². The SMILES string of the molecule is FC(F)Oc1cccc(CBr)c1OC(F)(F)F. The van der Waals surface area contributed by atoms with E-state index in [9.17, 15) is 22.0 Å². The highest BCUT2D eigenvalue weighted by atomic mass is 79.9. The van der Waals surface area contributed by atoms with Gasteiger partial charge in [0.2, 0.25) is 0 Å². The molecule has 0 atom stereocenters. The van der Waals surface area contributed by atoms with Crippen molar-refractivity contribution in [2.45, 2.75) is 18.3 Å². The predicted molar refractivity (Wildman–Crippen MR) is 52.4 cm³/mol. The second kappa shape index (κ2) is 5.52. The van der Waals surface area contributed by atoms with E-state index in [4.69, 9.17) is 0 Å². The fourth-order valence-corrected chi connectivity index (χ4v) is 1.53. The highest BCUT2D eigenvalue weighted by Gasteiger charge is 2.34. The summed E-state index contributed by atoms with van der Waals surface area (Å²) in [5, 5.41) is 0.0127. The lowest BCUT2D eigenvalue weighted by molar-refractivity contribution is -0.275. The molecule has 0 amide bonds. The molecular formula is C9H6BrF5O2. The lowest BCUT2D eigenvalue weighted by Gasteiger charge is -2.16. The number of ether oxygens (including phenoxy) is 2. The molecule has 0 saturated heterocycles. The number of hydrogen-bond acceptors (Lipinski definition) is 2. The van der Waals surface area contributed by atoms with Crippen LogP contribution in [0, 0.1) is 0 Å². The topological polar surface area (TPSA) is 18.5 Å². The maximum Gasteiger partial charge on any atom is 0.573 e. The Morgan fingerprint density at radius 1 is 1.24 bits per heavy atom. The maximum absolute atomic E-state index is 12.1. The van der Waals surface area contributed by atoms with Gasteiger partial charge in [0, 0.05) is 10.9 Å². The van der Waals surface area contributed by atoms with Crippen LogP contribution in [0.25, 0.3) is 0 Å².